The lowest BCUT2D eigenvalue weighted by molar-refractivity contribution is -0.131. The number of aliphatic imine (C=N–C) groups is 1. The first-order valence-electron chi connectivity index (χ1n) is 14.2. The van der Waals surface area contributed by atoms with E-state index in [0.717, 1.165) is 36.8 Å². The summed E-state index contributed by atoms with van der Waals surface area (Å²) in [6, 6.07) is 13.5. The maximum atomic E-state index is 13.4. The summed E-state index contributed by atoms with van der Waals surface area (Å²) in [7, 11) is 1.66. The first-order chi connectivity index (χ1) is 18.8. The summed E-state index contributed by atoms with van der Waals surface area (Å²) >= 11 is 0. The standard InChI is InChI=1S/C31H40N4O4/c1-4-31(5-2)18-28(37)35(30(32)34-31)25-17-27(39-3)23-13-12-20(15-24(23)25)29(38)33-14-8-11-22-21-10-7-6-9-19(21)16-26(22)36/h6-7,9-10,12-13,15,22,25-27,36H,4-5,8,11,14,16-18H2,1-3H3,(H2,32,34)(H,33,38)/t22-,25-,26-,27-/m1/s1. The van der Waals surface area contributed by atoms with Crippen LogP contribution in [0.5, 0.6) is 0 Å². The number of ether oxygens (including phenoxy) is 1. The molecule has 4 atom stereocenters. The molecule has 2 aromatic rings. The van der Waals surface area contributed by atoms with Gasteiger partial charge in [0.15, 0.2) is 5.96 Å². The normalized spacial score (nSPS) is 25.3. The number of rotatable bonds is 9. The van der Waals surface area contributed by atoms with Gasteiger partial charge in [-0.25, -0.2) is 4.99 Å². The van der Waals surface area contributed by atoms with E-state index < -0.39 is 5.54 Å². The van der Waals surface area contributed by atoms with E-state index in [-0.39, 0.29) is 41.9 Å². The van der Waals surface area contributed by atoms with Gasteiger partial charge in [-0.05, 0) is 66.5 Å². The van der Waals surface area contributed by atoms with Crippen molar-refractivity contribution in [1.29, 1.82) is 0 Å². The van der Waals surface area contributed by atoms with Crippen LogP contribution in [0.4, 0.5) is 0 Å². The van der Waals surface area contributed by atoms with Gasteiger partial charge in [0.1, 0.15) is 0 Å². The topological polar surface area (TPSA) is 117 Å². The average molecular weight is 533 g/mol. The fourth-order valence-electron chi connectivity index (χ4n) is 6.68. The molecule has 208 valence electrons. The number of hydrogen-bond acceptors (Lipinski definition) is 6. The summed E-state index contributed by atoms with van der Waals surface area (Å²) in [5.74, 6) is 0.156. The predicted octanol–water partition coefficient (Wildman–Crippen LogP) is 4.14. The van der Waals surface area contributed by atoms with Crippen LogP contribution >= 0.6 is 0 Å². The number of amides is 2. The molecule has 5 rings (SSSR count). The zero-order valence-electron chi connectivity index (χ0n) is 23.2. The van der Waals surface area contributed by atoms with Gasteiger partial charge in [0, 0.05) is 31.6 Å². The zero-order valence-corrected chi connectivity index (χ0v) is 23.2. The van der Waals surface area contributed by atoms with Crippen LogP contribution in [0.2, 0.25) is 0 Å². The van der Waals surface area contributed by atoms with Crippen LogP contribution in [-0.4, -0.2) is 53.1 Å². The smallest absolute Gasteiger partial charge is 0.251 e. The summed E-state index contributed by atoms with van der Waals surface area (Å²) in [5.41, 5.74) is 10.8. The Morgan fingerprint density at radius 1 is 1.18 bits per heavy atom. The molecule has 0 spiro atoms. The van der Waals surface area contributed by atoms with E-state index in [2.05, 4.69) is 17.4 Å². The van der Waals surface area contributed by atoms with Crippen LogP contribution < -0.4 is 11.1 Å². The van der Waals surface area contributed by atoms with E-state index in [4.69, 9.17) is 15.5 Å². The van der Waals surface area contributed by atoms with Gasteiger partial charge in [0.25, 0.3) is 5.91 Å². The monoisotopic (exact) mass is 532 g/mol. The van der Waals surface area contributed by atoms with Gasteiger partial charge >= 0.3 is 0 Å². The van der Waals surface area contributed by atoms with Crippen molar-refractivity contribution in [2.24, 2.45) is 10.7 Å². The average Bonchev–Trinajstić information content (AvgIpc) is 3.46. The van der Waals surface area contributed by atoms with Crippen molar-refractivity contribution in [3.8, 4) is 0 Å². The molecule has 0 bridgehead atoms. The number of carbonyl (C=O) groups is 2. The maximum Gasteiger partial charge on any atom is 0.251 e. The van der Waals surface area contributed by atoms with Crippen molar-refractivity contribution in [1.82, 2.24) is 10.2 Å². The molecule has 2 aromatic carbocycles. The minimum absolute atomic E-state index is 0.0376. The highest BCUT2D eigenvalue weighted by Gasteiger charge is 2.44. The molecule has 1 heterocycles. The van der Waals surface area contributed by atoms with Crippen molar-refractivity contribution in [2.75, 3.05) is 13.7 Å². The fourth-order valence-corrected chi connectivity index (χ4v) is 6.68. The van der Waals surface area contributed by atoms with Crippen LogP contribution in [-0.2, 0) is 16.0 Å². The highest BCUT2D eigenvalue weighted by atomic mass is 16.5. The molecule has 2 aliphatic carbocycles. The third kappa shape index (κ3) is 5.08. The third-order valence-electron chi connectivity index (χ3n) is 9.08. The number of aliphatic hydroxyl groups is 1. The number of methoxy groups -OCH3 is 1. The van der Waals surface area contributed by atoms with Gasteiger partial charge in [-0.3, -0.25) is 14.5 Å². The molecular formula is C31H40N4O4. The Morgan fingerprint density at radius 2 is 1.95 bits per heavy atom. The number of guanidine groups is 1. The largest absolute Gasteiger partial charge is 0.392 e. The van der Waals surface area contributed by atoms with Crippen LogP contribution in [0.25, 0.3) is 0 Å². The molecule has 0 aromatic heterocycles. The van der Waals surface area contributed by atoms with E-state index in [1.807, 2.05) is 44.2 Å². The second-order valence-electron chi connectivity index (χ2n) is 11.1. The van der Waals surface area contributed by atoms with Crippen LogP contribution in [0.3, 0.4) is 0 Å². The Hall–Kier alpha value is -3.23. The highest BCUT2D eigenvalue weighted by Crippen LogP contribution is 2.46. The van der Waals surface area contributed by atoms with E-state index in [1.165, 1.54) is 11.1 Å². The second kappa shape index (κ2) is 11.1. The predicted molar refractivity (Wildman–Crippen MR) is 150 cm³/mol. The van der Waals surface area contributed by atoms with Gasteiger partial charge in [-0.1, -0.05) is 44.2 Å². The summed E-state index contributed by atoms with van der Waals surface area (Å²) < 4.78 is 5.73. The number of nitrogens with two attached hydrogens (primary N) is 1. The number of carbonyl (C=O) groups excluding carboxylic acids is 2. The lowest BCUT2D eigenvalue weighted by atomic mass is 9.87. The molecule has 8 heteroatoms. The van der Waals surface area contributed by atoms with Gasteiger partial charge in [0.2, 0.25) is 5.91 Å². The summed E-state index contributed by atoms with van der Waals surface area (Å²) in [4.78, 5) is 32.8. The number of nitrogens with zero attached hydrogens (tertiary/aromatic N) is 2. The fraction of sp³-hybridized carbons (Fsp3) is 0.516. The quantitative estimate of drug-likeness (QED) is 0.420. The molecule has 2 amide bonds. The Balaban J connectivity index is 1.28. The lowest BCUT2D eigenvalue weighted by Gasteiger charge is -2.39. The molecule has 3 aliphatic rings. The second-order valence-corrected chi connectivity index (χ2v) is 11.1. The molecule has 8 nitrogen and oxygen atoms in total. The Labute approximate surface area is 230 Å². The SMILES string of the molecule is CCC1(CC)CC(=O)N([C@@H]2C[C@@H](OC)c3ccc(C(=O)NCCC[C@@H]4c5ccccc5C[C@H]4O)cc32)C(N)=N1. The van der Waals surface area contributed by atoms with Gasteiger partial charge < -0.3 is 20.9 Å². The summed E-state index contributed by atoms with van der Waals surface area (Å²) in [5, 5.41) is 13.5. The molecule has 0 fully saturated rings. The summed E-state index contributed by atoms with van der Waals surface area (Å²) in [6.45, 7) is 4.59. The highest BCUT2D eigenvalue weighted by molar-refractivity contribution is 6.00. The maximum absolute atomic E-state index is 13.4. The van der Waals surface area contributed by atoms with Crippen LogP contribution in [0.1, 0.15) is 103 Å². The molecule has 39 heavy (non-hydrogen) atoms. The van der Waals surface area contributed by atoms with Crippen molar-refractivity contribution >= 4 is 17.8 Å². The van der Waals surface area contributed by atoms with Gasteiger partial charge in [-0.15, -0.1) is 0 Å². The molecule has 0 saturated heterocycles. The van der Waals surface area contributed by atoms with E-state index in [0.29, 0.717) is 31.4 Å². The minimum Gasteiger partial charge on any atom is -0.392 e. The zero-order chi connectivity index (χ0) is 27.7. The Morgan fingerprint density at radius 3 is 2.67 bits per heavy atom. The van der Waals surface area contributed by atoms with Gasteiger partial charge in [0.05, 0.1) is 30.2 Å². The Kier molecular flexibility index (Phi) is 7.78. The molecular weight excluding hydrogens is 492 g/mol. The summed E-state index contributed by atoms with van der Waals surface area (Å²) in [6.07, 6.45) is 4.12. The number of benzene rings is 2. The molecule has 4 N–H and O–H groups in total. The van der Waals surface area contributed by atoms with Gasteiger partial charge in [-0.2, -0.15) is 0 Å². The number of hydrogen-bond donors (Lipinski definition) is 3. The number of fused-ring (bicyclic) bond motifs is 2. The van der Waals surface area contributed by atoms with E-state index in [1.54, 1.807) is 12.0 Å². The minimum atomic E-state index is -0.446. The third-order valence-corrected chi connectivity index (χ3v) is 9.08. The van der Waals surface area contributed by atoms with Crippen molar-refractivity contribution < 1.29 is 19.4 Å². The lowest BCUT2D eigenvalue weighted by Crippen LogP contribution is -2.52. The number of nitrogens with one attached hydrogen (secondary N) is 1. The Bertz CT molecular complexity index is 1270. The van der Waals surface area contributed by atoms with Crippen LogP contribution in [0.15, 0.2) is 47.5 Å². The van der Waals surface area contributed by atoms with E-state index >= 15 is 0 Å². The van der Waals surface area contributed by atoms with Crippen LogP contribution in [0, 0.1) is 0 Å². The van der Waals surface area contributed by atoms with Crippen molar-refractivity contribution in [3.63, 3.8) is 0 Å². The van der Waals surface area contributed by atoms with Crippen molar-refractivity contribution in [3.05, 3.63) is 70.3 Å². The molecule has 0 radical (unpaired) electrons. The van der Waals surface area contributed by atoms with Crippen molar-refractivity contribution in [2.45, 2.75) is 88.5 Å². The molecule has 1 aliphatic heterocycles. The molecule has 0 saturated carbocycles. The molecule has 0 unspecified atom stereocenters. The van der Waals surface area contributed by atoms with E-state index in [9.17, 15) is 14.7 Å². The first kappa shape index (κ1) is 27.3. The first-order valence-corrected chi connectivity index (χ1v) is 14.2. The number of aliphatic hydroxyl groups excluding tert-OH is 1.